The molecule has 0 aromatic carbocycles. The van der Waals surface area contributed by atoms with E-state index in [1.54, 1.807) is 0 Å². The molecule has 6 nitrogen and oxygen atoms in total. The van der Waals surface area contributed by atoms with Crippen LogP contribution in [0.3, 0.4) is 0 Å². The van der Waals surface area contributed by atoms with Crippen molar-refractivity contribution in [3.8, 4) is 0 Å². The van der Waals surface area contributed by atoms with Crippen molar-refractivity contribution in [1.29, 1.82) is 0 Å². The topological polar surface area (TPSA) is 78.9 Å². The van der Waals surface area contributed by atoms with Crippen molar-refractivity contribution in [2.24, 2.45) is 0 Å². The predicted octanol–water partition coefficient (Wildman–Crippen LogP) is 14.5. The summed E-state index contributed by atoms with van der Waals surface area (Å²) in [5, 5.41) is 0. The quantitative estimate of drug-likeness (QED) is 0.0203. The van der Waals surface area contributed by atoms with Crippen LogP contribution in [0.1, 0.15) is 194 Å². The van der Waals surface area contributed by atoms with Crippen LogP contribution in [0.15, 0.2) is 85.1 Å². The highest BCUT2D eigenvalue weighted by molar-refractivity contribution is 5.71. The molecule has 0 aliphatic rings. The van der Waals surface area contributed by atoms with Gasteiger partial charge in [-0.3, -0.25) is 14.4 Å². The summed E-state index contributed by atoms with van der Waals surface area (Å²) in [6, 6.07) is 0. The van der Waals surface area contributed by atoms with E-state index in [2.05, 4.69) is 57.2 Å². The molecule has 0 bridgehead atoms. The smallest absolute Gasteiger partial charge is 0.306 e. The van der Waals surface area contributed by atoms with Gasteiger partial charge in [-0.15, -0.1) is 0 Å². The van der Waals surface area contributed by atoms with Crippen LogP contribution in [0, 0.1) is 0 Å². The van der Waals surface area contributed by atoms with E-state index in [-0.39, 0.29) is 31.1 Å². The summed E-state index contributed by atoms with van der Waals surface area (Å²) in [4.78, 5) is 37.7. The number of esters is 3. The SMILES string of the molecule is CC\C=C/C=C\C=C/C=C\C=C/CCCCCC(=O)OCC(COC(=O)CCCCCCCCCCC)OC(=O)CCCCCCCCC/C=C\C/C=C\CC. The molecule has 0 N–H and O–H groups in total. The largest absolute Gasteiger partial charge is 0.462 e. The first kappa shape index (κ1) is 52.6. The van der Waals surface area contributed by atoms with Crippen molar-refractivity contribution < 1.29 is 28.6 Å². The Morgan fingerprint density at radius 1 is 0.393 bits per heavy atom. The summed E-state index contributed by atoms with van der Waals surface area (Å²) >= 11 is 0. The van der Waals surface area contributed by atoms with E-state index in [1.807, 2.05) is 48.6 Å². The van der Waals surface area contributed by atoms with Crippen LogP contribution in [-0.2, 0) is 28.6 Å². The molecule has 1 atom stereocenters. The van der Waals surface area contributed by atoms with E-state index in [0.717, 1.165) is 89.9 Å². The average Bonchev–Trinajstić information content (AvgIpc) is 3.19. The van der Waals surface area contributed by atoms with Crippen molar-refractivity contribution in [2.45, 2.75) is 200 Å². The van der Waals surface area contributed by atoms with Gasteiger partial charge in [-0.05, 0) is 64.2 Å². The summed E-state index contributed by atoms with van der Waals surface area (Å²) < 4.78 is 16.6. The number of allylic oxidation sites excluding steroid dienone is 14. The Bertz CT molecular complexity index is 1120. The lowest BCUT2D eigenvalue weighted by atomic mass is 10.1. The lowest BCUT2D eigenvalue weighted by Crippen LogP contribution is -2.30. The van der Waals surface area contributed by atoms with Gasteiger partial charge in [0.05, 0.1) is 0 Å². The van der Waals surface area contributed by atoms with Crippen LogP contribution >= 0.6 is 0 Å². The number of rotatable bonds is 39. The van der Waals surface area contributed by atoms with Crippen LogP contribution in [0.4, 0.5) is 0 Å². The van der Waals surface area contributed by atoms with Crippen LogP contribution in [0.5, 0.6) is 0 Å². The number of unbranched alkanes of at least 4 members (excludes halogenated alkanes) is 18. The fraction of sp³-hybridized carbons (Fsp3) is 0.660. The van der Waals surface area contributed by atoms with Gasteiger partial charge >= 0.3 is 17.9 Å². The molecule has 0 aromatic heterocycles. The third kappa shape index (κ3) is 41.7. The lowest BCUT2D eigenvalue weighted by Gasteiger charge is -2.18. The Morgan fingerprint density at radius 2 is 0.786 bits per heavy atom. The van der Waals surface area contributed by atoms with Gasteiger partial charge < -0.3 is 14.2 Å². The molecule has 0 rings (SSSR count). The zero-order chi connectivity index (χ0) is 40.8. The first-order chi connectivity index (χ1) is 27.5. The highest BCUT2D eigenvalue weighted by Crippen LogP contribution is 2.13. The Hall–Kier alpha value is -3.41. The average molecular weight is 779 g/mol. The summed E-state index contributed by atoms with van der Waals surface area (Å²) in [5.74, 6) is -0.956. The Kier molecular flexibility index (Phi) is 41.6. The maximum atomic E-state index is 12.7. The summed E-state index contributed by atoms with van der Waals surface area (Å²) in [7, 11) is 0. The number of hydrogen-bond donors (Lipinski definition) is 0. The zero-order valence-electron chi connectivity index (χ0n) is 36.1. The van der Waals surface area contributed by atoms with Crippen LogP contribution in [0.25, 0.3) is 0 Å². The molecule has 0 aliphatic heterocycles. The van der Waals surface area contributed by atoms with Gasteiger partial charge in [0.1, 0.15) is 13.2 Å². The Balaban J connectivity index is 4.47. The second kappa shape index (κ2) is 44.3. The third-order valence-electron chi connectivity index (χ3n) is 9.27. The molecule has 0 radical (unpaired) electrons. The van der Waals surface area contributed by atoms with Crippen molar-refractivity contribution in [1.82, 2.24) is 0 Å². The summed E-state index contributed by atoms with van der Waals surface area (Å²) in [5.41, 5.74) is 0. The standard InChI is InChI=1S/C50H82O6/c1-4-7-10-13-16-19-21-23-25-27-28-31-34-37-40-43-49(52)55-46-47(45-54-48(51)42-39-36-33-30-18-15-12-9-6-3)56-50(53)44-41-38-35-32-29-26-24-22-20-17-14-11-8-5-2/h7-8,10-11,13,16-17,19-21,23,25,27-28,47H,4-6,9,12,14-15,18,22,24,26,29-46H2,1-3H3/b10-7-,11-8-,16-13-,20-17-,21-19-,25-23-,28-27-. The molecule has 0 fully saturated rings. The maximum absolute atomic E-state index is 12.7. The fourth-order valence-electron chi connectivity index (χ4n) is 5.91. The second-order valence-electron chi connectivity index (χ2n) is 14.7. The first-order valence-electron chi connectivity index (χ1n) is 22.7. The molecule has 0 spiro atoms. The molecule has 1 unspecified atom stereocenters. The van der Waals surface area contributed by atoms with Crippen molar-refractivity contribution in [2.75, 3.05) is 13.2 Å². The lowest BCUT2D eigenvalue weighted by molar-refractivity contribution is -0.167. The van der Waals surface area contributed by atoms with Crippen molar-refractivity contribution >= 4 is 17.9 Å². The number of ether oxygens (including phenoxy) is 3. The minimum absolute atomic E-state index is 0.0938. The number of carbonyl (C=O) groups is 3. The zero-order valence-corrected chi connectivity index (χ0v) is 36.1. The summed E-state index contributed by atoms with van der Waals surface area (Å²) in [6.07, 6.45) is 55.6. The fourth-order valence-corrected chi connectivity index (χ4v) is 5.91. The summed E-state index contributed by atoms with van der Waals surface area (Å²) in [6.45, 7) is 6.30. The van der Waals surface area contributed by atoms with Crippen LogP contribution < -0.4 is 0 Å². The third-order valence-corrected chi connectivity index (χ3v) is 9.27. The van der Waals surface area contributed by atoms with Gasteiger partial charge in [-0.25, -0.2) is 0 Å². The molecule has 0 amide bonds. The highest BCUT2D eigenvalue weighted by Gasteiger charge is 2.19. The van der Waals surface area contributed by atoms with Gasteiger partial charge in [-0.2, -0.15) is 0 Å². The Labute approximate surface area is 344 Å². The van der Waals surface area contributed by atoms with Gasteiger partial charge in [0.15, 0.2) is 6.10 Å². The van der Waals surface area contributed by atoms with E-state index in [9.17, 15) is 14.4 Å². The minimum Gasteiger partial charge on any atom is -0.462 e. The highest BCUT2D eigenvalue weighted by atomic mass is 16.6. The van der Waals surface area contributed by atoms with E-state index in [0.29, 0.717) is 19.3 Å². The molecule has 56 heavy (non-hydrogen) atoms. The Morgan fingerprint density at radius 3 is 1.30 bits per heavy atom. The maximum Gasteiger partial charge on any atom is 0.306 e. The van der Waals surface area contributed by atoms with E-state index >= 15 is 0 Å². The molecule has 318 valence electrons. The number of carbonyl (C=O) groups excluding carboxylic acids is 3. The van der Waals surface area contributed by atoms with E-state index < -0.39 is 6.10 Å². The molecule has 0 aliphatic carbocycles. The first-order valence-corrected chi connectivity index (χ1v) is 22.7. The van der Waals surface area contributed by atoms with Crippen molar-refractivity contribution in [3.05, 3.63) is 85.1 Å². The second-order valence-corrected chi connectivity index (χ2v) is 14.7. The molecule has 0 aromatic rings. The van der Waals surface area contributed by atoms with Gasteiger partial charge in [0, 0.05) is 19.3 Å². The minimum atomic E-state index is -0.794. The van der Waals surface area contributed by atoms with Crippen molar-refractivity contribution in [3.63, 3.8) is 0 Å². The molecule has 0 saturated carbocycles. The molecular weight excluding hydrogens is 697 g/mol. The van der Waals surface area contributed by atoms with E-state index in [4.69, 9.17) is 14.2 Å². The molecule has 6 heteroatoms. The normalized spacial score (nSPS) is 12.8. The molecular formula is C50H82O6. The number of hydrogen-bond acceptors (Lipinski definition) is 6. The van der Waals surface area contributed by atoms with E-state index in [1.165, 1.54) is 64.2 Å². The van der Waals surface area contributed by atoms with Gasteiger partial charge in [0.2, 0.25) is 0 Å². The van der Waals surface area contributed by atoms with Gasteiger partial charge in [0.25, 0.3) is 0 Å². The monoisotopic (exact) mass is 779 g/mol. The van der Waals surface area contributed by atoms with Crippen LogP contribution in [-0.4, -0.2) is 37.2 Å². The van der Waals surface area contributed by atoms with Gasteiger partial charge in [-0.1, -0.05) is 196 Å². The molecule has 0 heterocycles. The predicted molar refractivity (Wildman–Crippen MR) is 237 cm³/mol. The van der Waals surface area contributed by atoms with Crippen LogP contribution in [0.2, 0.25) is 0 Å². The molecule has 0 saturated heterocycles.